The quantitative estimate of drug-likeness (QED) is 0.781. The molecule has 0 aliphatic carbocycles. The summed E-state index contributed by atoms with van der Waals surface area (Å²) < 4.78 is 14.2. The normalized spacial score (nSPS) is 16.9. The maximum atomic E-state index is 14.2. The number of urea groups is 1. The van der Waals surface area contributed by atoms with Gasteiger partial charge in [-0.2, -0.15) is 0 Å². The molecule has 1 heterocycles. The molecule has 1 atom stereocenters. The summed E-state index contributed by atoms with van der Waals surface area (Å²) in [6.45, 7) is 1.60. The van der Waals surface area contributed by atoms with Gasteiger partial charge >= 0.3 is 6.03 Å². The zero-order chi connectivity index (χ0) is 18.0. The van der Waals surface area contributed by atoms with E-state index in [-0.39, 0.29) is 11.1 Å². The first kappa shape index (κ1) is 17.0. The lowest BCUT2D eigenvalue weighted by molar-refractivity contribution is -0.113. The van der Waals surface area contributed by atoms with Gasteiger partial charge in [-0.15, -0.1) is 0 Å². The van der Waals surface area contributed by atoms with Crippen LogP contribution in [0.1, 0.15) is 18.5 Å². The van der Waals surface area contributed by atoms with E-state index in [4.69, 9.17) is 11.6 Å². The Morgan fingerprint density at radius 1 is 1.16 bits per heavy atom. The zero-order valence-corrected chi connectivity index (χ0v) is 14.0. The van der Waals surface area contributed by atoms with Crippen LogP contribution in [-0.4, -0.2) is 11.9 Å². The molecular formula is C18H15ClFN3O2. The third-order valence-electron chi connectivity index (χ3n) is 3.83. The van der Waals surface area contributed by atoms with Crippen molar-refractivity contribution in [3.8, 4) is 0 Å². The molecule has 1 aliphatic heterocycles. The number of anilines is 1. The van der Waals surface area contributed by atoms with Crippen LogP contribution in [0, 0.1) is 5.82 Å². The first-order valence-electron chi connectivity index (χ1n) is 7.55. The molecule has 1 aliphatic rings. The molecule has 128 valence electrons. The van der Waals surface area contributed by atoms with Crippen LogP contribution in [0.2, 0.25) is 5.02 Å². The van der Waals surface area contributed by atoms with Crippen molar-refractivity contribution >= 4 is 29.2 Å². The number of rotatable bonds is 3. The molecule has 0 radical (unpaired) electrons. The Morgan fingerprint density at radius 2 is 1.84 bits per heavy atom. The fourth-order valence-electron chi connectivity index (χ4n) is 2.67. The Bertz CT molecular complexity index is 865. The monoisotopic (exact) mass is 359 g/mol. The van der Waals surface area contributed by atoms with E-state index in [9.17, 15) is 14.0 Å². The Morgan fingerprint density at radius 3 is 2.52 bits per heavy atom. The predicted octanol–water partition coefficient (Wildman–Crippen LogP) is 3.75. The maximum Gasteiger partial charge on any atom is 0.319 e. The highest BCUT2D eigenvalue weighted by molar-refractivity contribution is 6.30. The number of carbonyl (C=O) groups is 2. The van der Waals surface area contributed by atoms with E-state index in [2.05, 4.69) is 16.0 Å². The van der Waals surface area contributed by atoms with Crippen molar-refractivity contribution in [1.82, 2.24) is 10.6 Å². The summed E-state index contributed by atoms with van der Waals surface area (Å²) in [5.74, 6) is -0.945. The lowest BCUT2D eigenvalue weighted by Gasteiger charge is -2.28. The number of carbonyl (C=O) groups excluding carboxylic acids is 2. The molecular weight excluding hydrogens is 345 g/mol. The first-order chi connectivity index (χ1) is 12.0. The number of benzene rings is 2. The molecule has 0 bridgehead atoms. The third kappa shape index (κ3) is 3.64. The van der Waals surface area contributed by atoms with Gasteiger partial charge in [-0.25, -0.2) is 9.18 Å². The first-order valence-corrected chi connectivity index (χ1v) is 7.93. The molecule has 3 rings (SSSR count). The minimum atomic E-state index is -0.887. The second kappa shape index (κ2) is 6.94. The summed E-state index contributed by atoms with van der Waals surface area (Å²) in [6.07, 6.45) is 0. The molecule has 3 amide bonds. The summed E-state index contributed by atoms with van der Waals surface area (Å²) in [6, 6.07) is 11.2. The topological polar surface area (TPSA) is 70.2 Å². The van der Waals surface area contributed by atoms with Crippen molar-refractivity contribution in [1.29, 1.82) is 0 Å². The van der Waals surface area contributed by atoms with E-state index < -0.39 is 23.8 Å². The molecule has 2 aromatic rings. The lowest BCUT2D eigenvalue weighted by atomic mass is 9.94. The molecule has 5 nitrogen and oxygen atoms in total. The van der Waals surface area contributed by atoms with Gasteiger partial charge in [-0.3, -0.25) is 4.79 Å². The van der Waals surface area contributed by atoms with Gasteiger partial charge in [-0.05, 0) is 37.3 Å². The highest BCUT2D eigenvalue weighted by Crippen LogP contribution is 2.29. The fraction of sp³-hybridized carbons (Fsp3) is 0.111. The van der Waals surface area contributed by atoms with Crippen molar-refractivity contribution in [2.75, 3.05) is 5.32 Å². The Kier molecular flexibility index (Phi) is 4.72. The van der Waals surface area contributed by atoms with Crippen LogP contribution in [0.4, 0.5) is 14.9 Å². The van der Waals surface area contributed by atoms with Crippen molar-refractivity contribution in [3.05, 3.63) is 76.2 Å². The average Bonchev–Trinajstić information content (AvgIpc) is 2.56. The van der Waals surface area contributed by atoms with Crippen molar-refractivity contribution < 1.29 is 14.0 Å². The SMILES string of the molecule is CC1=C(C(=O)Nc2ccc(Cl)cc2)[C@H](c2ccccc2F)NC(=O)N1. The minimum absolute atomic E-state index is 0.220. The van der Waals surface area contributed by atoms with Crippen molar-refractivity contribution in [3.63, 3.8) is 0 Å². The van der Waals surface area contributed by atoms with Gasteiger partial charge in [0.25, 0.3) is 5.91 Å². The molecule has 0 unspecified atom stereocenters. The maximum absolute atomic E-state index is 14.2. The molecule has 0 saturated heterocycles. The summed E-state index contributed by atoms with van der Waals surface area (Å²) >= 11 is 5.84. The molecule has 25 heavy (non-hydrogen) atoms. The van der Waals surface area contributed by atoms with E-state index in [1.54, 1.807) is 43.3 Å². The number of hydrogen-bond donors (Lipinski definition) is 3. The molecule has 0 spiro atoms. The van der Waals surface area contributed by atoms with E-state index in [0.29, 0.717) is 16.4 Å². The van der Waals surface area contributed by atoms with Crippen molar-refractivity contribution in [2.45, 2.75) is 13.0 Å². The number of halogens is 2. The van der Waals surface area contributed by atoms with Crippen LogP contribution in [0.5, 0.6) is 0 Å². The number of amides is 3. The minimum Gasteiger partial charge on any atom is -0.327 e. The fourth-order valence-corrected chi connectivity index (χ4v) is 2.79. The highest BCUT2D eigenvalue weighted by Gasteiger charge is 2.32. The molecule has 0 fully saturated rings. The van der Waals surface area contributed by atoms with Gasteiger partial charge < -0.3 is 16.0 Å². The van der Waals surface area contributed by atoms with Gasteiger partial charge in [0.05, 0.1) is 11.6 Å². The van der Waals surface area contributed by atoms with Crippen molar-refractivity contribution in [2.24, 2.45) is 0 Å². The number of nitrogens with one attached hydrogen (secondary N) is 3. The number of allylic oxidation sites excluding steroid dienone is 1. The lowest BCUT2D eigenvalue weighted by Crippen LogP contribution is -2.46. The van der Waals surface area contributed by atoms with E-state index in [1.807, 2.05) is 0 Å². The van der Waals surface area contributed by atoms with E-state index in [1.165, 1.54) is 12.1 Å². The Hall–Kier alpha value is -2.86. The zero-order valence-electron chi connectivity index (χ0n) is 13.3. The van der Waals surface area contributed by atoms with Crippen LogP contribution in [0.3, 0.4) is 0 Å². The van der Waals surface area contributed by atoms with E-state index >= 15 is 0 Å². The second-order valence-corrected chi connectivity index (χ2v) is 5.99. The highest BCUT2D eigenvalue weighted by atomic mass is 35.5. The Balaban J connectivity index is 1.96. The van der Waals surface area contributed by atoms with Crippen LogP contribution < -0.4 is 16.0 Å². The van der Waals surface area contributed by atoms with Gasteiger partial charge in [0, 0.05) is 22.0 Å². The predicted molar refractivity (Wildman–Crippen MR) is 93.6 cm³/mol. The van der Waals surface area contributed by atoms with Gasteiger partial charge in [0.1, 0.15) is 5.82 Å². The van der Waals surface area contributed by atoms with Gasteiger partial charge in [0.15, 0.2) is 0 Å². The van der Waals surface area contributed by atoms with Crippen LogP contribution in [0.15, 0.2) is 59.8 Å². The van der Waals surface area contributed by atoms with Gasteiger partial charge in [-0.1, -0.05) is 29.8 Å². The summed E-state index contributed by atoms with van der Waals surface area (Å²) in [7, 11) is 0. The standard InChI is InChI=1S/C18H15ClFN3O2/c1-10-15(17(24)22-12-8-6-11(19)7-9-12)16(23-18(25)21-10)13-4-2-3-5-14(13)20/h2-9,16H,1H3,(H,22,24)(H2,21,23,25)/t16-/m0/s1. The molecule has 3 N–H and O–H groups in total. The third-order valence-corrected chi connectivity index (χ3v) is 4.08. The molecule has 0 saturated carbocycles. The summed E-state index contributed by atoms with van der Waals surface area (Å²) in [4.78, 5) is 24.6. The molecule has 0 aromatic heterocycles. The number of hydrogen-bond acceptors (Lipinski definition) is 2. The summed E-state index contributed by atoms with van der Waals surface area (Å²) in [5.41, 5.74) is 1.36. The average molecular weight is 360 g/mol. The van der Waals surface area contributed by atoms with Crippen LogP contribution >= 0.6 is 11.6 Å². The smallest absolute Gasteiger partial charge is 0.319 e. The van der Waals surface area contributed by atoms with Crippen LogP contribution in [0.25, 0.3) is 0 Å². The summed E-state index contributed by atoms with van der Waals surface area (Å²) in [5, 5.41) is 8.43. The molecule has 7 heteroatoms. The molecule has 2 aromatic carbocycles. The van der Waals surface area contributed by atoms with Crippen LogP contribution in [-0.2, 0) is 4.79 Å². The Labute approximate surface area is 148 Å². The largest absolute Gasteiger partial charge is 0.327 e. The van der Waals surface area contributed by atoms with E-state index in [0.717, 1.165) is 0 Å². The second-order valence-electron chi connectivity index (χ2n) is 5.55. The van der Waals surface area contributed by atoms with Gasteiger partial charge in [0.2, 0.25) is 0 Å².